The fourth-order valence-electron chi connectivity index (χ4n) is 2.97. The monoisotopic (exact) mass is 436 g/mol. The van der Waals surface area contributed by atoms with Crippen LogP contribution in [0.3, 0.4) is 0 Å². The van der Waals surface area contributed by atoms with Gasteiger partial charge in [0, 0.05) is 30.3 Å². The first-order chi connectivity index (χ1) is 15.3. The number of anilines is 3. The molecule has 1 atom stereocenters. The van der Waals surface area contributed by atoms with Gasteiger partial charge in [-0.1, -0.05) is 12.1 Å². The number of hydrazine groups is 1. The zero-order chi connectivity index (χ0) is 23.1. The van der Waals surface area contributed by atoms with Gasteiger partial charge in [0.05, 0.1) is 23.0 Å². The number of benzene rings is 3. The molecule has 9 nitrogen and oxygen atoms in total. The van der Waals surface area contributed by atoms with Gasteiger partial charge < -0.3 is 37.2 Å². The molecule has 3 aromatic carbocycles. The van der Waals surface area contributed by atoms with E-state index in [1.54, 1.807) is 30.3 Å². The third-order valence-corrected chi connectivity index (χ3v) is 4.61. The maximum Gasteiger partial charge on any atom is 0.224 e. The second-order valence-corrected chi connectivity index (χ2v) is 7.14. The van der Waals surface area contributed by atoms with Crippen molar-refractivity contribution < 1.29 is 24.9 Å². The van der Waals surface area contributed by atoms with Gasteiger partial charge in [0.2, 0.25) is 5.91 Å². The van der Waals surface area contributed by atoms with E-state index in [4.69, 9.17) is 5.73 Å². The molecular weight excluding hydrogens is 412 g/mol. The van der Waals surface area contributed by atoms with Gasteiger partial charge in [0.25, 0.3) is 0 Å². The van der Waals surface area contributed by atoms with Crippen LogP contribution < -0.4 is 21.9 Å². The van der Waals surface area contributed by atoms with Gasteiger partial charge in [-0.05, 0) is 42.8 Å². The fraction of sp³-hybridized carbons (Fsp3) is 0.130. The van der Waals surface area contributed by atoms with Gasteiger partial charge in [-0.25, -0.2) is 0 Å². The van der Waals surface area contributed by atoms with Crippen LogP contribution in [0.1, 0.15) is 23.2 Å². The summed E-state index contributed by atoms with van der Waals surface area (Å²) in [5.74, 6) is -0.955. The number of hydrogen-bond acceptors (Lipinski definition) is 8. The Bertz CT molecular complexity index is 1120. The molecule has 9 heteroatoms. The van der Waals surface area contributed by atoms with Crippen molar-refractivity contribution in [2.24, 2.45) is 5.73 Å². The SMILES string of the molecule is NC(CCC(=O)Nc1cccc(O)c1)C(=O)c1ccc(NNc2cccc(O)c2)cc1O. The lowest BCUT2D eigenvalue weighted by Crippen LogP contribution is -2.31. The molecule has 3 aromatic rings. The first-order valence-corrected chi connectivity index (χ1v) is 9.84. The summed E-state index contributed by atoms with van der Waals surface area (Å²) in [6, 6.07) is 16.0. The summed E-state index contributed by atoms with van der Waals surface area (Å²) in [5.41, 5.74) is 13.2. The highest BCUT2D eigenvalue weighted by Gasteiger charge is 2.20. The van der Waals surface area contributed by atoms with Gasteiger partial charge >= 0.3 is 0 Å². The lowest BCUT2D eigenvalue weighted by Gasteiger charge is -2.14. The van der Waals surface area contributed by atoms with Crippen LogP contribution in [-0.4, -0.2) is 33.1 Å². The lowest BCUT2D eigenvalue weighted by atomic mass is 9.99. The molecule has 1 unspecified atom stereocenters. The predicted octanol–water partition coefficient (Wildman–Crippen LogP) is 3.17. The number of aromatic hydroxyl groups is 3. The first kappa shape index (κ1) is 22.4. The van der Waals surface area contributed by atoms with Crippen molar-refractivity contribution in [1.82, 2.24) is 0 Å². The molecule has 1 amide bonds. The van der Waals surface area contributed by atoms with Crippen molar-refractivity contribution >= 4 is 28.8 Å². The van der Waals surface area contributed by atoms with Gasteiger partial charge in [-0.3, -0.25) is 9.59 Å². The van der Waals surface area contributed by atoms with E-state index in [1.165, 1.54) is 36.4 Å². The highest BCUT2D eigenvalue weighted by Crippen LogP contribution is 2.24. The summed E-state index contributed by atoms with van der Waals surface area (Å²) in [6.07, 6.45) is 0.0821. The van der Waals surface area contributed by atoms with E-state index in [2.05, 4.69) is 16.2 Å². The molecule has 0 radical (unpaired) electrons. The van der Waals surface area contributed by atoms with E-state index in [-0.39, 0.29) is 41.6 Å². The maximum atomic E-state index is 12.6. The van der Waals surface area contributed by atoms with Crippen LogP contribution in [0, 0.1) is 0 Å². The molecule has 0 bridgehead atoms. The van der Waals surface area contributed by atoms with Gasteiger partial charge in [0.1, 0.15) is 17.2 Å². The standard InChI is InChI=1S/C23H24N4O5/c24-20(9-10-22(31)25-14-3-1-5-17(28)11-14)23(32)19-8-7-16(13-21(19)30)27-26-15-4-2-6-18(29)12-15/h1-8,11-13,20,26-30H,9-10,24H2,(H,25,31). The van der Waals surface area contributed by atoms with Crippen LogP contribution in [0.4, 0.5) is 17.1 Å². The van der Waals surface area contributed by atoms with Crippen molar-refractivity contribution in [3.8, 4) is 17.2 Å². The minimum atomic E-state index is -0.972. The van der Waals surface area contributed by atoms with Crippen molar-refractivity contribution in [2.45, 2.75) is 18.9 Å². The van der Waals surface area contributed by atoms with E-state index >= 15 is 0 Å². The van der Waals surface area contributed by atoms with Crippen molar-refractivity contribution in [1.29, 1.82) is 0 Å². The minimum Gasteiger partial charge on any atom is -0.508 e. The average Bonchev–Trinajstić information content (AvgIpc) is 2.76. The number of nitrogens with one attached hydrogen (secondary N) is 3. The van der Waals surface area contributed by atoms with Crippen molar-refractivity contribution in [2.75, 3.05) is 16.2 Å². The number of Topliss-reactive ketones (excluding diaryl/α,β-unsaturated/α-hetero) is 1. The summed E-state index contributed by atoms with van der Waals surface area (Å²) in [5, 5.41) is 31.8. The zero-order valence-corrected chi connectivity index (χ0v) is 17.1. The zero-order valence-electron chi connectivity index (χ0n) is 17.1. The average molecular weight is 436 g/mol. The van der Waals surface area contributed by atoms with Gasteiger partial charge in [-0.15, -0.1) is 0 Å². The Morgan fingerprint density at radius 3 is 2.03 bits per heavy atom. The largest absolute Gasteiger partial charge is 0.508 e. The number of hydrogen-bond donors (Lipinski definition) is 7. The quantitative estimate of drug-likeness (QED) is 0.199. The number of amides is 1. The number of carbonyl (C=O) groups excluding carboxylic acids is 2. The Kier molecular flexibility index (Phi) is 7.14. The van der Waals surface area contributed by atoms with E-state index in [0.29, 0.717) is 17.1 Å². The number of carbonyl (C=O) groups is 2. The molecule has 0 spiro atoms. The minimum absolute atomic E-state index is 0.00317. The number of phenols is 3. The van der Waals surface area contributed by atoms with E-state index < -0.39 is 11.8 Å². The molecule has 0 heterocycles. The second-order valence-electron chi connectivity index (χ2n) is 7.14. The molecule has 0 aliphatic heterocycles. The Morgan fingerprint density at radius 1 is 0.812 bits per heavy atom. The van der Waals surface area contributed by atoms with E-state index in [1.807, 2.05) is 0 Å². The molecule has 0 fully saturated rings. The molecule has 0 aliphatic carbocycles. The third kappa shape index (κ3) is 6.13. The normalized spacial score (nSPS) is 11.4. The third-order valence-electron chi connectivity index (χ3n) is 4.61. The van der Waals surface area contributed by atoms with Crippen LogP contribution in [0.15, 0.2) is 66.7 Å². The summed E-state index contributed by atoms with van der Waals surface area (Å²) in [4.78, 5) is 24.7. The molecule has 166 valence electrons. The number of ketones is 1. The molecular formula is C23H24N4O5. The molecule has 0 saturated heterocycles. The highest BCUT2D eigenvalue weighted by molar-refractivity contribution is 6.03. The number of rotatable bonds is 9. The Balaban J connectivity index is 1.53. The number of nitrogens with two attached hydrogens (primary N) is 1. The topological polar surface area (TPSA) is 157 Å². The summed E-state index contributed by atoms with van der Waals surface area (Å²) >= 11 is 0. The van der Waals surface area contributed by atoms with Crippen LogP contribution in [0.2, 0.25) is 0 Å². The van der Waals surface area contributed by atoms with Crippen LogP contribution >= 0.6 is 0 Å². The second kappa shape index (κ2) is 10.2. The molecule has 32 heavy (non-hydrogen) atoms. The van der Waals surface area contributed by atoms with Gasteiger partial charge in [-0.2, -0.15) is 0 Å². The van der Waals surface area contributed by atoms with E-state index in [0.717, 1.165) is 0 Å². The smallest absolute Gasteiger partial charge is 0.224 e. The fourth-order valence-corrected chi connectivity index (χ4v) is 2.97. The molecule has 0 saturated carbocycles. The summed E-state index contributed by atoms with van der Waals surface area (Å²) in [7, 11) is 0. The van der Waals surface area contributed by atoms with E-state index in [9.17, 15) is 24.9 Å². The number of phenolic OH excluding ortho intramolecular Hbond substituents is 3. The van der Waals surface area contributed by atoms with Crippen molar-refractivity contribution in [3.63, 3.8) is 0 Å². The van der Waals surface area contributed by atoms with Crippen LogP contribution in [0.25, 0.3) is 0 Å². The molecule has 0 aromatic heterocycles. The highest BCUT2D eigenvalue weighted by atomic mass is 16.3. The van der Waals surface area contributed by atoms with Gasteiger partial charge in [0.15, 0.2) is 5.78 Å². The van der Waals surface area contributed by atoms with Crippen molar-refractivity contribution in [3.05, 3.63) is 72.3 Å². The maximum absolute atomic E-state index is 12.6. The Morgan fingerprint density at radius 2 is 1.41 bits per heavy atom. The summed E-state index contributed by atoms with van der Waals surface area (Å²) < 4.78 is 0. The molecule has 0 aliphatic rings. The lowest BCUT2D eigenvalue weighted by molar-refractivity contribution is -0.116. The van der Waals surface area contributed by atoms with Crippen LogP contribution in [0.5, 0.6) is 17.2 Å². The summed E-state index contributed by atoms with van der Waals surface area (Å²) in [6.45, 7) is 0. The Labute approximate surface area is 184 Å². The Hall–Kier alpha value is -4.24. The first-order valence-electron chi connectivity index (χ1n) is 9.84. The molecule has 8 N–H and O–H groups in total. The molecule has 3 rings (SSSR count). The predicted molar refractivity (Wildman–Crippen MR) is 122 cm³/mol. The van der Waals surface area contributed by atoms with Crippen LogP contribution in [-0.2, 0) is 4.79 Å².